The molecule has 0 bridgehead atoms. The van der Waals surface area contributed by atoms with Gasteiger partial charge in [-0.25, -0.2) is 13.8 Å². The van der Waals surface area contributed by atoms with Crippen molar-refractivity contribution in [3.63, 3.8) is 0 Å². The van der Waals surface area contributed by atoms with E-state index in [1.165, 1.54) is 18.2 Å². The van der Waals surface area contributed by atoms with E-state index in [0.29, 0.717) is 25.6 Å². The van der Waals surface area contributed by atoms with Gasteiger partial charge < -0.3 is 10.6 Å². The molecule has 4 nitrogen and oxygen atoms in total. The Kier molecular flexibility index (Phi) is 4.17. The van der Waals surface area contributed by atoms with Gasteiger partial charge in [-0.15, -0.1) is 11.3 Å². The van der Waals surface area contributed by atoms with Crippen LogP contribution in [0.15, 0.2) is 23.6 Å². The molecule has 1 atom stereocenters. The van der Waals surface area contributed by atoms with Crippen molar-refractivity contribution in [3.05, 3.63) is 40.9 Å². The molecule has 0 radical (unpaired) electrons. The van der Waals surface area contributed by atoms with Gasteiger partial charge in [0.1, 0.15) is 22.3 Å². The van der Waals surface area contributed by atoms with E-state index in [1.54, 1.807) is 10.3 Å². The van der Waals surface area contributed by atoms with Gasteiger partial charge in [0.05, 0.1) is 5.56 Å². The summed E-state index contributed by atoms with van der Waals surface area (Å²) < 4.78 is 27.5. The third-order valence-corrected chi connectivity index (χ3v) is 4.67. The molecule has 7 heteroatoms. The maximum atomic E-state index is 13.8. The summed E-state index contributed by atoms with van der Waals surface area (Å²) in [6.45, 7) is 1.80. The minimum absolute atomic E-state index is 0.175. The van der Waals surface area contributed by atoms with Crippen molar-refractivity contribution in [1.82, 2.24) is 9.88 Å². The van der Waals surface area contributed by atoms with Crippen LogP contribution in [0.3, 0.4) is 0 Å². The lowest BCUT2D eigenvalue weighted by molar-refractivity contribution is 0.0782. The van der Waals surface area contributed by atoms with Crippen molar-refractivity contribution in [3.8, 4) is 10.6 Å². The van der Waals surface area contributed by atoms with Crippen molar-refractivity contribution in [2.75, 3.05) is 19.6 Å². The van der Waals surface area contributed by atoms with Crippen LogP contribution in [0, 0.1) is 17.6 Å². The van der Waals surface area contributed by atoms with E-state index < -0.39 is 11.6 Å². The molecule has 2 aromatic rings. The van der Waals surface area contributed by atoms with Gasteiger partial charge in [0.25, 0.3) is 5.91 Å². The highest BCUT2D eigenvalue weighted by atomic mass is 32.1. The second-order valence-electron chi connectivity index (χ2n) is 5.28. The molecule has 0 saturated carbocycles. The third-order valence-electron chi connectivity index (χ3n) is 3.81. The van der Waals surface area contributed by atoms with Crippen LogP contribution < -0.4 is 5.73 Å². The van der Waals surface area contributed by atoms with Crippen LogP contribution >= 0.6 is 11.3 Å². The smallest absolute Gasteiger partial charge is 0.273 e. The Morgan fingerprint density at radius 3 is 2.77 bits per heavy atom. The second-order valence-corrected chi connectivity index (χ2v) is 6.13. The zero-order valence-corrected chi connectivity index (χ0v) is 12.6. The number of rotatable bonds is 3. The predicted molar refractivity (Wildman–Crippen MR) is 80.5 cm³/mol. The number of hydrogen-bond acceptors (Lipinski definition) is 4. The lowest BCUT2D eigenvalue weighted by Crippen LogP contribution is -2.30. The maximum absolute atomic E-state index is 13.8. The minimum Gasteiger partial charge on any atom is -0.337 e. The van der Waals surface area contributed by atoms with Gasteiger partial charge in [0, 0.05) is 18.5 Å². The molecular formula is C15H15F2N3OS. The molecule has 2 N–H and O–H groups in total. The van der Waals surface area contributed by atoms with E-state index in [4.69, 9.17) is 5.73 Å². The van der Waals surface area contributed by atoms with Gasteiger partial charge in [0.2, 0.25) is 0 Å². The van der Waals surface area contributed by atoms with Gasteiger partial charge >= 0.3 is 0 Å². The number of nitrogens with two attached hydrogens (primary N) is 1. The Balaban J connectivity index is 1.84. The zero-order valence-electron chi connectivity index (χ0n) is 11.8. The molecule has 0 aliphatic carbocycles. The van der Waals surface area contributed by atoms with Crippen molar-refractivity contribution in [1.29, 1.82) is 0 Å². The van der Waals surface area contributed by atoms with Gasteiger partial charge in [-0.3, -0.25) is 4.79 Å². The fraction of sp³-hybridized carbons (Fsp3) is 0.333. The second kappa shape index (κ2) is 6.10. The molecule has 1 unspecified atom stereocenters. The first-order valence-electron chi connectivity index (χ1n) is 6.99. The molecule has 0 spiro atoms. The highest BCUT2D eigenvalue weighted by molar-refractivity contribution is 7.13. The van der Waals surface area contributed by atoms with Gasteiger partial charge in [-0.2, -0.15) is 0 Å². The molecule has 116 valence electrons. The number of carbonyl (C=O) groups is 1. The summed E-state index contributed by atoms with van der Waals surface area (Å²) in [5.74, 6) is -1.27. The largest absolute Gasteiger partial charge is 0.337 e. The number of benzene rings is 1. The molecule has 1 aliphatic heterocycles. The number of nitrogens with zero attached hydrogens (tertiary/aromatic N) is 2. The lowest BCUT2D eigenvalue weighted by atomic mass is 10.1. The SMILES string of the molecule is NCC1CCN(C(=O)c2csc(-c3c(F)cccc3F)n2)C1. The normalized spacial score (nSPS) is 18.0. The average Bonchev–Trinajstić information content (AvgIpc) is 3.16. The van der Waals surface area contributed by atoms with E-state index in [9.17, 15) is 13.6 Å². The first kappa shape index (κ1) is 15.1. The number of likely N-dealkylation sites (tertiary alicyclic amines) is 1. The van der Waals surface area contributed by atoms with Crippen LogP contribution in [-0.2, 0) is 0 Å². The number of halogens is 2. The Morgan fingerprint density at radius 1 is 1.41 bits per heavy atom. The number of hydrogen-bond donors (Lipinski definition) is 1. The molecule has 1 aromatic carbocycles. The van der Waals surface area contributed by atoms with Crippen molar-refractivity contribution >= 4 is 17.2 Å². The highest BCUT2D eigenvalue weighted by Crippen LogP contribution is 2.29. The van der Waals surface area contributed by atoms with Gasteiger partial charge in [0.15, 0.2) is 0 Å². The van der Waals surface area contributed by atoms with E-state index in [1.807, 2.05) is 0 Å². The molecule has 1 saturated heterocycles. The predicted octanol–water partition coefficient (Wildman–Crippen LogP) is 2.51. The van der Waals surface area contributed by atoms with E-state index >= 15 is 0 Å². The Hall–Kier alpha value is -1.86. The van der Waals surface area contributed by atoms with Crippen LogP contribution in [-0.4, -0.2) is 35.4 Å². The van der Waals surface area contributed by atoms with Crippen molar-refractivity contribution in [2.45, 2.75) is 6.42 Å². The average molecular weight is 323 g/mol. The summed E-state index contributed by atoms with van der Waals surface area (Å²) in [6, 6.07) is 3.65. The van der Waals surface area contributed by atoms with E-state index in [0.717, 1.165) is 17.8 Å². The summed E-state index contributed by atoms with van der Waals surface area (Å²) in [7, 11) is 0. The monoisotopic (exact) mass is 323 g/mol. The summed E-state index contributed by atoms with van der Waals surface area (Å²) in [6.07, 6.45) is 0.876. The lowest BCUT2D eigenvalue weighted by Gasteiger charge is -2.14. The topological polar surface area (TPSA) is 59.2 Å². The minimum atomic E-state index is -0.683. The van der Waals surface area contributed by atoms with E-state index in [2.05, 4.69) is 4.98 Å². The van der Waals surface area contributed by atoms with Crippen LogP contribution in [0.4, 0.5) is 8.78 Å². The quantitative estimate of drug-likeness (QED) is 0.944. The summed E-state index contributed by atoms with van der Waals surface area (Å²) in [4.78, 5) is 18.2. The van der Waals surface area contributed by atoms with Gasteiger partial charge in [-0.1, -0.05) is 6.07 Å². The standard InChI is InChI=1S/C15H15F2N3OS/c16-10-2-1-3-11(17)13(10)14-19-12(8-22-14)15(21)20-5-4-9(6-18)7-20/h1-3,8-9H,4-7,18H2. The van der Waals surface area contributed by atoms with Crippen LogP contribution in [0.2, 0.25) is 0 Å². The number of thiazole rings is 1. The Bertz CT molecular complexity index is 684. The molecule has 22 heavy (non-hydrogen) atoms. The van der Waals surface area contributed by atoms with Crippen molar-refractivity contribution < 1.29 is 13.6 Å². The first-order chi connectivity index (χ1) is 10.6. The zero-order chi connectivity index (χ0) is 15.7. The fourth-order valence-corrected chi connectivity index (χ4v) is 3.40. The molecule has 2 heterocycles. The molecule has 1 amide bonds. The molecule has 1 aromatic heterocycles. The van der Waals surface area contributed by atoms with E-state index in [-0.39, 0.29) is 22.2 Å². The first-order valence-corrected chi connectivity index (χ1v) is 7.87. The summed E-state index contributed by atoms with van der Waals surface area (Å²) in [5, 5.41) is 1.72. The fourth-order valence-electron chi connectivity index (χ4n) is 2.56. The van der Waals surface area contributed by atoms with Crippen LogP contribution in [0.5, 0.6) is 0 Å². The molecule has 1 fully saturated rings. The highest BCUT2D eigenvalue weighted by Gasteiger charge is 2.28. The number of carbonyl (C=O) groups excluding carboxylic acids is 1. The summed E-state index contributed by atoms with van der Waals surface area (Å²) in [5.41, 5.74) is 5.65. The maximum Gasteiger partial charge on any atom is 0.273 e. The molecular weight excluding hydrogens is 308 g/mol. The van der Waals surface area contributed by atoms with Crippen molar-refractivity contribution in [2.24, 2.45) is 11.7 Å². The molecule has 1 aliphatic rings. The van der Waals surface area contributed by atoms with Crippen LogP contribution in [0.1, 0.15) is 16.9 Å². The van der Waals surface area contributed by atoms with Gasteiger partial charge in [-0.05, 0) is 31.0 Å². The third kappa shape index (κ3) is 2.74. The number of aromatic nitrogens is 1. The number of amides is 1. The Morgan fingerprint density at radius 2 is 2.14 bits per heavy atom. The summed E-state index contributed by atoms with van der Waals surface area (Å²) >= 11 is 1.06. The molecule has 3 rings (SSSR count). The van der Waals surface area contributed by atoms with Crippen LogP contribution in [0.25, 0.3) is 10.6 Å². The Labute approximate surface area is 130 Å².